The summed E-state index contributed by atoms with van der Waals surface area (Å²) in [6.07, 6.45) is 4.50. The standard InChI is InChI=1S/C23H21N5O2/c1-3-21(29)26-16(2)14-28-23-20(13-24-15-25-23)22(27-28)17-9-11-19(12-10-17)30-18-7-5-4-6-8-18/h3-13,15-16H,1,14H2,2H3,(H,26,29)/t16-/m1/s1. The Morgan fingerprint density at radius 1 is 1.17 bits per heavy atom. The van der Waals surface area contributed by atoms with E-state index in [0.29, 0.717) is 12.2 Å². The van der Waals surface area contributed by atoms with Crippen molar-refractivity contribution in [3.63, 3.8) is 0 Å². The molecule has 4 aromatic rings. The van der Waals surface area contributed by atoms with Crippen LogP contribution in [0.3, 0.4) is 0 Å². The van der Waals surface area contributed by atoms with Crippen molar-refractivity contribution in [2.75, 3.05) is 0 Å². The van der Waals surface area contributed by atoms with E-state index >= 15 is 0 Å². The molecule has 0 bridgehead atoms. The van der Waals surface area contributed by atoms with Crippen molar-refractivity contribution in [1.29, 1.82) is 0 Å². The Labute approximate surface area is 174 Å². The van der Waals surface area contributed by atoms with Gasteiger partial charge in [-0.1, -0.05) is 24.8 Å². The topological polar surface area (TPSA) is 81.9 Å². The minimum absolute atomic E-state index is 0.136. The van der Waals surface area contributed by atoms with Gasteiger partial charge in [0, 0.05) is 17.8 Å². The summed E-state index contributed by atoms with van der Waals surface area (Å²) in [6, 6.07) is 17.2. The lowest BCUT2D eigenvalue weighted by Gasteiger charge is -2.12. The van der Waals surface area contributed by atoms with Crippen LogP contribution in [-0.2, 0) is 11.3 Å². The number of rotatable bonds is 7. The number of ether oxygens (including phenoxy) is 1. The van der Waals surface area contributed by atoms with E-state index in [9.17, 15) is 4.79 Å². The van der Waals surface area contributed by atoms with Crippen LogP contribution in [-0.4, -0.2) is 31.7 Å². The Balaban J connectivity index is 1.61. The van der Waals surface area contributed by atoms with Crippen molar-refractivity contribution < 1.29 is 9.53 Å². The summed E-state index contributed by atoms with van der Waals surface area (Å²) in [6.45, 7) is 5.87. The van der Waals surface area contributed by atoms with E-state index in [1.165, 1.54) is 12.4 Å². The molecule has 1 amide bonds. The highest BCUT2D eigenvalue weighted by molar-refractivity contribution is 5.90. The van der Waals surface area contributed by atoms with E-state index in [2.05, 4.69) is 21.9 Å². The van der Waals surface area contributed by atoms with Crippen LogP contribution < -0.4 is 10.1 Å². The lowest BCUT2D eigenvalue weighted by Crippen LogP contribution is -2.34. The van der Waals surface area contributed by atoms with Gasteiger partial charge in [-0.2, -0.15) is 5.10 Å². The summed E-state index contributed by atoms with van der Waals surface area (Å²) < 4.78 is 7.65. The number of amides is 1. The van der Waals surface area contributed by atoms with E-state index in [4.69, 9.17) is 9.84 Å². The van der Waals surface area contributed by atoms with Gasteiger partial charge in [0.1, 0.15) is 23.5 Å². The van der Waals surface area contributed by atoms with Crippen molar-refractivity contribution in [2.45, 2.75) is 19.5 Å². The van der Waals surface area contributed by atoms with Gasteiger partial charge in [-0.3, -0.25) is 4.79 Å². The van der Waals surface area contributed by atoms with Gasteiger partial charge < -0.3 is 10.1 Å². The highest BCUT2D eigenvalue weighted by Crippen LogP contribution is 2.29. The van der Waals surface area contributed by atoms with Crippen LogP contribution in [0.1, 0.15) is 6.92 Å². The second kappa shape index (κ2) is 8.57. The fourth-order valence-corrected chi connectivity index (χ4v) is 3.17. The fourth-order valence-electron chi connectivity index (χ4n) is 3.17. The first-order chi connectivity index (χ1) is 14.6. The molecule has 30 heavy (non-hydrogen) atoms. The summed E-state index contributed by atoms with van der Waals surface area (Å²) >= 11 is 0. The van der Waals surface area contributed by atoms with Crippen LogP contribution in [0.5, 0.6) is 11.5 Å². The Bertz CT molecular complexity index is 1170. The molecule has 0 saturated carbocycles. The van der Waals surface area contributed by atoms with Crippen LogP contribution in [0, 0.1) is 0 Å². The third-order valence-electron chi connectivity index (χ3n) is 4.54. The maximum atomic E-state index is 11.6. The number of para-hydroxylation sites is 1. The maximum absolute atomic E-state index is 11.6. The Morgan fingerprint density at radius 2 is 1.90 bits per heavy atom. The quantitative estimate of drug-likeness (QED) is 0.476. The molecule has 2 aromatic carbocycles. The molecule has 150 valence electrons. The third kappa shape index (κ3) is 4.20. The molecule has 0 saturated heterocycles. The zero-order chi connectivity index (χ0) is 20.9. The molecular weight excluding hydrogens is 378 g/mol. The van der Waals surface area contributed by atoms with E-state index in [1.54, 1.807) is 10.9 Å². The molecule has 0 aliphatic carbocycles. The van der Waals surface area contributed by atoms with Gasteiger partial charge in [-0.25, -0.2) is 14.6 Å². The molecule has 0 spiro atoms. The first-order valence-corrected chi connectivity index (χ1v) is 9.57. The summed E-state index contributed by atoms with van der Waals surface area (Å²) in [4.78, 5) is 20.1. The summed E-state index contributed by atoms with van der Waals surface area (Å²) in [5.74, 6) is 1.30. The molecule has 0 aliphatic rings. The molecule has 4 rings (SSSR count). The number of carbonyl (C=O) groups is 1. The summed E-state index contributed by atoms with van der Waals surface area (Å²) in [5, 5.41) is 8.43. The van der Waals surface area contributed by atoms with Crippen molar-refractivity contribution in [3.8, 4) is 22.8 Å². The molecule has 0 radical (unpaired) electrons. The molecule has 1 N–H and O–H groups in total. The fraction of sp³-hybridized carbons (Fsp3) is 0.130. The van der Waals surface area contributed by atoms with Gasteiger partial charge in [-0.05, 0) is 49.4 Å². The summed E-state index contributed by atoms with van der Waals surface area (Å²) in [7, 11) is 0. The van der Waals surface area contributed by atoms with E-state index in [1.807, 2.05) is 61.5 Å². The first kappa shape index (κ1) is 19.3. The smallest absolute Gasteiger partial charge is 0.243 e. The molecular formula is C23H21N5O2. The van der Waals surface area contributed by atoms with E-state index < -0.39 is 0 Å². The van der Waals surface area contributed by atoms with Gasteiger partial charge in [0.05, 0.1) is 11.9 Å². The maximum Gasteiger partial charge on any atom is 0.243 e. The number of benzene rings is 2. The van der Waals surface area contributed by atoms with Crippen molar-refractivity contribution in [2.24, 2.45) is 0 Å². The lowest BCUT2D eigenvalue weighted by atomic mass is 10.1. The second-order valence-electron chi connectivity index (χ2n) is 6.84. The average molecular weight is 399 g/mol. The molecule has 7 nitrogen and oxygen atoms in total. The molecule has 2 aromatic heterocycles. The Kier molecular flexibility index (Phi) is 5.52. The van der Waals surface area contributed by atoms with Crippen LogP contribution in [0.15, 0.2) is 79.8 Å². The van der Waals surface area contributed by atoms with Crippen LogP contribution >= 0.6 is 0 Å². The first-order valence-electron chi connectivity index (χ1n) is 9.57. The average Bonchev–Trinajstić information content (AvgIpc) is 3.13. The van der Waals surface area contributed by atoms with Crippen molar-refractivity contribution >= 4 is 16.9 Å². The summed E-state index contributed by atoms with van der Waals surface area (Å²) in [5.41, 5.74) is 2.42. The number of nitrogens with one attached hydrogen (secondary N) is 1. The number of hydrogen-bond acceptors (Lipinski definition) is 5. The zero-order valence-electron chi connectivity index (χ0n) is 16.5. The minimum atomic E-state index is -0.220. The largest absolute Gasteiger partial charge is 0.457 e. The predicted octanol–water partition coefficient (Wildman–Crippen LogP) is 3.98. The van der Waals surface area contributed by atoms with Gasteiger partial charge in [0.15, 0.2) is 5.65 Å². The molecule has 0 aliphatic heterocycles. The number of aromatic nitrogens is 4. The predicted molar refractivity (Wildman–Crippen MR) is 115 cm³/mol. The van der Waals surface area contributed by atoms with Crippen LogP contribution in [0.4, 0.5) is 0 Å². The molecule has 0 fully saturated rings. The molecule has 7 heteroatoms. The molecule has 2 heterocycles. The van der Waals surface area contributed by atoms with Gasteiger partial charge in [0.2, 0.25) is 5.91 Å². The molecule has 1 atom stereocenters. The highest BCUT2D eigenvalue weighted by Gasteiger charge is 2.16. The number of hydrogen-bond donors (Lipinski definition) is 1. The Hall–Kier alpha value is -4.00. The SMILES string of the molecule is C=CC(=O)N[C@H](C)Cn1nc(-c2ccc(Oc3ccccc3)cc2)c2cncnc21. The normalized spacial score (nSPS) is 11.8. The van der Waals surface area contributed by atoms with Crippen LogP contribution in [0.25, 0.3) is 22.3 Å². The minimum Gasteiger partial charge on any atom is -0.457 e. The second-order valence-corrected chi connectivity index (χ2v) is 6.84. The van der Waals surface area contributed by atoms with Crippen LogP contribution in [0.2, 0.25) is 0 Å². The van der Waals surface area contributed by atoms with E-state index in [0.717, 1.165) is 28.1 Å². The number of nitrogens with zero attached hydrogens (tertiary/aromatic N) is 4. The lowest BCUT2D eigenvalue weighted by molar-refractivity contribution is -0.117. The molecule has 0 unspecified atom stereocenters. The third-order valence-corrected chi connectivity index (χ3v) is 4.54. The monoisotopic (exact) mass is 399 g/mol. The Morgan fingerprint density at radius 3 is 2.63 bits per heavy atom. The van der Waals surface area contributed by atoms with Crippen molar-refractivity contribution in [3.05, 3.63) is 79.8 Å². The van der Waals surface area contributed by atoms with Crippen molar-refractivity contribution in [1.82, 2.24) is 25.1 Å². The zero-order valence-corrected chi connectivity index (χ0v) is 16.5. The number of carbonyl (C=O) groups excluding carboxylic acids is 1. The number of fused-ring (bicyclic) bond motifs is 1. The van der Waals surface area contributed by atoms with Gasteiger partial charge in [-0.15, -0.1) is 0 Å². The highest BCUT2D eigenvalue weighted by atomic mass is 16.5. The van der Waals surface area contributed by atoms with Gasteiger partial charge in [0.25, 0.3) is 0 Å². The van der Waals surface area contributed by atoms with E-state index in [-0.39, 0.29) is 11.9 Å². The van der Waals surface area contributed by atoms with Gasteiger partial charge >= 0.3 is 0 Å².